The Bertz CT molecular complexity index is 281. The van der Waals surface area contributed by atoms with Gasteiger partial charge in [-0.2, -0.15) is 0 Å². The van der Waals surface area contributed by atoms with Gasteiger partial charge in [-0.15, -0.1) is 24.0 Å². The van der Waals surface area contributed by atoms with E-state index < -0.39 is 0 Å². The molecule has 0 spiro atoms. The summed E-state index contributed by atoms with van der Waals surface area (Å²) in [5.41, 5.74) is 0. The zero-order valence-electron chi connectivity index (χ0n) is 16.1. The average Bonchev–Trinajstić information content (AvgIpc) is 2.55. The SMILES string of the molecule is CCCCOCCCN=C(NCC)NCCCN(C)CCOC.I. The number of halogens is 1. The Morgan fingerprint density at radius 1 is 1.00 bits per heavy atom. The van der Waals surface area contributed by atoms with Gasteiger partial charge in [-0.05, 0) is 39.8 Å². The second kappa shape index (κ2) is 20.9. The summed E-state index contributed by atoms with van der Waals surface area (Å²) in [6, 6.07) is 0. The number of methoxy groups -OCH3 is 1. The van der Waals surface area contributed by atoms with Gasteiger partial charge in [-0.25, -0.2) is 0 Å². The van der Waals surface area contributed by atoms with Crippen molar-refractivity contribution in [1.82, 2.24) is 15.5 Å². The summed E-state index contributed by atoms with van der Waals surface area (Å²) < 4.78 is 10.6. The molecular weight excluding hydrogens is 419 g/mol. The molecule has 0 aromatic rings. The van der Waals surface area contributed by atoms with Crippen LogP contribution in [-0.4, -0.2) is 77.6 Å². The van der Waals surface area contributed by atoms with Crippen LogP contribution in [0.5, 0.6) is 0 Å². The van der Waals surface area contributed by atoms with Gasteiger partial charge in [0, 0.05) is 46.5 Å². The maximum Gasteiger partial charge on any atom is 0.191 e. The Kier molecular flexibility index (Phi) is 22.8. The fourth-order valence-corrected chi connectivity index (χ4v) is 1.96. The molecule has 24 heavy (non-hydrogen) atoms. The molecule has 0 saturated carbocycles. The van der Waals surface area contributed by atoms with Crippen LogP contribution >= 0.6 is 24.0 Å². The maximum atomic E-state index is 5.55. The van der Waals surface area contributed by atoms with Crippen molar-refractivity contribution in [3.63, 3.8) is 0 Å². The van der Waals surface area contributed by atoms with Gasteiger partial charge >= 0.3 is 0 Å². The van der Waals surface area contributed by atoms with E-state index in [9.17, 15) is 0 Å². The molecule has 0 atom stereocenters. The lowest BCUT2D eigenvalue weighted by molar-refractivity contribution is 0.130. The second-order valence-electron chi connectivity index (χ2n) is 5.66. The van der Waals surface area contributed by atoms with Crippen LogP contribution in [0.25, 0.3) is 0 Å². The molecule has 0 saturated heterocycles. The van der Waals surface area contributed by atoms with E-state index in [0.717, 1.165) is 77.8 Å². The summed E-state index contributed by atoms with van der Waals surface area (Å²) in [4.78, 5) is 6.86. The van der Waals surface area contributed by atoms with E-state index in [2.05, 4.69) is 41.4 Å². The van der Waals surface area contributed by atoms with Gasteiger partial charge in [0.2, 0.25) is 0 Å². The van der Waals surface area contributed by atoms with Crippen LogP contribution in [0.2, 0.25) is 0 Å². The van der Waals surface area contributed by atoms with E-state index in [0.29, 0.717) is 0 Å². The minimum atomic E-state index is 0. The lowest BCUT2D eigenvalue weighted by atomic mass is 10.4. The molecule has 0 aliphatic rings. The second-order valence-corrected chi connectivity index (χ2v) is 5.66. The molecule has 0 aromatic heterocycles. The number of nitrogens with zero attached hydrogens (tertiary/aromatic N) is 2. The molecule has 0 unspecified atom stereocenters. The van der Waals surface area contributed by atoms with Gasteiger partial charge in [0.15, 0.2) is 5.96 Å². The molecule has 0 radical (unpaired) electrons. The molecule has 0 amide bonds. The van der Waals surface area contributed by atoms with Crippen LogP contribution < -0.4 is 10.6 Å². The lowest BCUT2D eigenvalue weighted by Crippen LogP contribution is -2.38. The van der Waals surface area contributed by atoms with Crippen molar-refractivity contribution in [2.75, 3.05) is 66.7 Å². The summed E-state index contributed by atoms with van der Waals surface area (Å²) >= 11 is 0. The van der Waals surface area contributed by atoms with Crippen LogP contribution in [0.3, 0.4) is 0 Å². The number of nitrogens with one attached hydrogen (secondary N) is 2. The van der Waals surface area contributed by atoms with Gasteiger partial charge in [-0.1, -0.05) is 13.3 Å². The Hall–Kier alpha value is -0.120. The van der Waals surface area contributed by atoms with Gasteiger partial charge in [0.1, 0.15) is 0 Å². The van der Waals surface area contributed by atoms with Crippen molar-refractivity contribution in [2.45, 2.75) is 39.5 Å². The predicted molar refractivity (Wildman–Crippen MR) is 114 cm³/mol. The summed E-state index contributed by atoms with van der Waals surface area (Å²) in [6.45, 7) is 11.4. The van der Waals surface area contributed by atoms with Crippen LogP contribution in [-0.2, 0) is 9.47 Å². The Morgan fingerprint density at radius 3 is 2.42 bits per heavy atom. The standard InChI is InChI=1S/C17H38N4O2.HI/c1-5-7-14-23-15-9-11-20-17(18-6-2)19-10-8-12-21(3)13-16-22-4;/h5-16H2,1-4H3,(H2,18,19,20);1H. The number of ether oxygens (including phenoxy) is 2. The average molecular weight is 458 g/mol. The normalized spacial score (nSPS) is 11.5. The maximum absolute atomic E-state index is 5.55. The Morgan fingerprint density at radius 2 is 1.75 bits per heavy atom. The van der Waals surface area contributed by atoms with Gasteiger partial charge < -0.3 is 25.0 Å². The fourth-order valence-electron chi connectivity index (χ4n) is 1.96. The molecule has 2 N–H and O–H groups in total. The molecule has 0 aliphatic heterocycles. The summed E-state index contributed by atoms with van der Waals surface area (Å²) in [5.74, 6) is 0.903. The van der Waals surface area contributed by atoms with Crippen molar-refractivity contribution >= 4 is 29.9 Å². The first-order chi connectivity index (χ1) is 11.2. The number of unbranched alkanes of at least 4 members (excludes halogenated alkanes) is 1. The molecule has 0 fully saturated rings. The van der Waals surface area contributed by atoms with E-state index in [-0.39, 0.29) is 24.0 Å². The highest BCUT2D eigenvalue weighted by molar-refractivity contribution is 14.0. The monoisotopic (exact) mass is 458 g/mol. The minimum Gasteiger partial charge on any atom is -0.383 e. The molecule has 6 nitrogen and oxygen atoms in total. The molecule has 0 aliphatic carbocycles. The molecule has 0 aromatic carbocycles. The molecule has 0 bridgehead atoms. The lowest BCUT2D eigenvalue weighted by Gasteiger charge is -2.17. The molecule has 0 heterocycles. The van der Waals surface area contributed by atoms with Gasteiger partial charge in [0.25, 0.3) is 0 Å². The first kappa shape index (κ1) is 26.1. The number of hydrogen-bond donors (Lipinski definition) is 2. The molecule has 7 heteroatoms. The first-order valence-electron chi connectivity index (χ1n) is 9.02. The van der Waals surface area contributed by atoms with E-state index in [1.807, 2.05) is 0 Å². The Balaban J connectivity index is 0. The van der Waals surface area contributed by atoms with Crippen molar-refractivity contribution in [2.24, 2.45) is 4.99 Å². The van der Waals surface area contributed by atoms with Gasteiger partial charge in [-0.3, -0.25) is 4.99 Å². The quantitative estimate of drug-likeness (QED) is 0.171. The minimum absolute atomic E-state index is 0. The number of guanidine groups is 1. The Labute approximate surface area is 166 Å². The third-order valence-corrected chi connectivity index (χ3v) is 3.39. The van der Waals surface area contributed by atoms with E-state index in [1.54, 1.807) is 7.11 Å². The van der Waals surface area contributed by atoms with Crippen molar-refractivity contribution in [3.8, 4) is 0 Å². The number of likely N-dealkylation sites (N-methyl/N-ethyl adjacent to an activating group) is 1. The van der Waals surface area contributed by atoms with Crippen LogP contribution in [0, 0.1) is 0 Å². The van der Waals surface area contributed by atoms with Crippen molar-refractivity contribution < 1.29 is 9.47 Å². The highest BCUT2D eigenvalue weighted by Gasteiger charge is 1.99. The smallest absolute Gasteiger partial charge is 0.191 e. The number of aliphatic imine (C=N–C) groups is 1. The zero-order chi connectivity index (χ0) is 17.2. The topological polar surface area (TPSA) is 58.1 Å². The highest BCUT2D eigenvalue weighted by atomic mass is 127. The first-order valence-corrected chi connectivity index (χ1v) is 9.02. The molecular formula is C17H39IN4O2. The third-order valence-electron chi connectivity index (χ3n) is 3.39. The number of rotatable bonds is 15. The number of hydrogen-bond acceptors (Lipinski definition) is 4. The molecule has 0 rings (SSSR count). The van der Waals surface area contributed by atoms with Crippen molar-refractivity contribution in [3.05, 3.63) is 0 Å². The molecule has 146 valence electrons. The van der Waals surface area contributed by atoms with E-state index in [4.69, 9.17) is 9.47 Å². The van der Waals surface area contributed by atoms with Crippen LogP contribution in [0.4, 0.5) is 0 Å². The summed E-state index contributed by atoms with van der Waals surface area (Å²) in [7, 11) is 3.86. The third kappa shape index (κ3) is 18.2. The summed E-state index contributed by atoms with van der Waals surface area (Å²) in [5, 5.41) is 6.66. The van der Waals surface area contributed by atoms with Crippen LogP contribution in [0.15, 0.2) is 4.99 Å². The van der Waals surface area contributed by atoms with Crippen LogP contribution in [0.1, 0.15) is 39.5 Å². The fraction of sp³-hybridized carbons (Fsp3) is 0.941. The zero-order valence-corrected chi connectivity index (χ0v) is 18.4. The van der Waals surface area contributed by atoms with E-state index >= 15 is 0 Å². The highest BCUT2D eigenvalue weighted by Crippen LogP contribution is 1.91. The van der Waals surface area contributed by atoms with E-state index in [1.165, 1.54) is 6.42 Å². The van der Waals surface area contributed by atoms with Gasteiger partial charge in [0.05, 0.1) is 6.61 Å². The summed E-state index contributed by atoms with van der Waals surface area (Å²) in [6.07, 6.45) is 4.39. The largest absolute Gasteiger partial charge is 0.383 e. The van der Waals surface area contributed by atoms with Crippen molar-refractivity contribution in [1.29, 1.82) is 0 Å². The predicted octanol–water partition coefficient (Wildman–Crippen LogP) is 2.33.